The Hall–Kier alpha value is -4.18. The second-order valence-electron chi connectivity index (χ2n) is 8.32. The van der Waals surface area contributed by atoms with Gasteiger partial charge in [0.2, 0.25) is 0 Å². The summed E-state index contributed by atoms with van der Waals surface area (Å²) in [6, 6.07) is 34.9. The Morgan fingerprint density at radius 1 is 0.618 bits per heavy atom. The number of rotatable bonds is 8. The monoisotopic (exact) mass is 446 g/mol. The van der Waals surface area contributed by atoms with Crippen LogP contribution in [0.2, 0.25) is 0 Å². The van der Waals surface area contributed by atoms with Crippen molar-refractivity contribution >= 4 is 10.8 Å². The third-order valence-electron chi connectivity index (χ3n) is 5.84. The fraction of sp³-hybridized carbons (Fsp3) is 0.133. The van der Waals surface area contributed by atoms with Gasteiger partial charge < -0.3 is 9.47 Å². The fourth-order valence-corrected chi connectivity index (χ4v) is 4.01. The molecular formula is C30H26N2O2. The molecule has 0 bridgehead atoms. The summed E-state index contributed by atoms with van der Waals surface area (Å²) in [6.07, 6.45) is 0.661. The van der Waals surface area contributed by atoms with Crippen molar-refractivity contribution < 1.29 is 9.47 Å². The highest BCUT2D eigenvalue weighted by Crippen LogP contribution is 2.29. The number of fused-ring (bicyclic) bond motifs is 1. The molecule has 0 unspecified atom stereocenters. The van der Waals surface area contributed by atoms with Gasteiger partial charge in [0.25, 0.3) is 5.88 Å². The number of nitrogens with zero attached hydrogens (tertiary/aromatic N) is 2. The molecule has 4 nitrogen and oxygen atoms in total. The smallest absolute Gasteiger partial charge is 0.276 e. The van der Waals surface area contributed by atoms with E-state index in [0.29, 0.717) is 31.3 Å². The zero-order valence-electron chi connectivity index (χ0n) is 19.1. The van der Waals surface area contributed by atoms with Crippen molar-refractivity contribution in [3.63, 3.8) is 0 Å². The summed E-state index contributed by atoms with van der Waals surface area (Å²) in [5, 5.41) is 11.4. The molecule has 4 heteroatoms. The largest absolute Gasteiger partial charge is 0.483 e. The number of benzene rings is 4. The highest BCUT2D eigenvalue weighted by atomic mass is 16.5. The Bertz CT molecular complexity index is 1390. The quantitative estimate of drug-likeness (QED) is 0.266. The molecule has 34 heavy (non-hydrogen) atoms. The third-order valence-corrected chi connectivity index (χ3v) is 5.84. The van der Waals surface area contributed by atoms with Crippen molar-refractivity contribution in [1.82, 2.24) is 10.2 Å². The zero-order valence-corrected chi connectivity index (χ0v) is 19.1. The summed E-state index contributed by atoms with van der Waals surface area (Å²) in [6.45, 7) is 2.97. The predicted octanol–water partition coefficient (Wildman–Crippen LogP) is 6.69. The molecule has 4 aromatic carbocycles. The second-order valence-corrected chi connectivity index (χ2v) is 8.32. The molecule has 0 aliphatic carbocycles. The van der Waals surface area contributed by atoms with E-state index in [1.165, 1.54) is 21.9 Å². The lowest BCUT2D eigenvalue weighted by atomic mass is 9.97. The van der Waals surface area contributed by atoms with Crippen LogP contribution in [-0.4, -0.2) is 10.2 Å². The van der Waals surface area contributed by atoms with Crippen LogP contribution in [0.5, 0.6) is 11.6 Å². The maximum absolute atomic E-state index is 6.17. The minimum atomic E-state index is 0.400. The first-order chi connectivity index (χ1) is 16.8. The van der Waals surface area contributed by atoms with Crippen molar-refractivity contribution in [2.75, 3.05) is 0 Å². The fourth-order valence-electron chi connectivity index (χ4n) is 4.01. The molecular weight excluding hydrogens is 420 g/mol. The molecule has 168 valence electrons. The predicted molar refractivity (Wildman–Crippen MR) is 135 cm³/mol. The first-order valence-electron chi connectivity index (χ1n) is 11.4. The molecule has 0 aliphatic rings. The van der Waals surface area contributed by atoms with Crippen LogP contribution >= 0.6 is 0 Å². The lowest BCUT2D eigenvalue weighted by Gasteiger charge is -2.13. The van der Waals surface area contributed by atoms with Gasteiger partial charge in [-0.25, -0.2) is 0 Å². The Morgan fingerprint density at radius 2 is 1.24 bits per heavy atom. The lowest BCUT2D eigenvalue weighted by molar-refractivity contribution is 0.243. The molecule has 0 atom stereocenters. The molecule has 5 aromatic rings. The minimum Gasteiger partial charge on any atom is -0.483 e. The Balaban J connectivity index is 1.42. The van der Waals surface area contributed by atoms with Crippen LogP contribution in [0.4, 0.5) is 0 Å². The van der Waals surface area contributed by atoms with Gasteiger partial charge in [-0.05, 0) is 39.9 Å². The minimum absolute atomic E-state index is 0.400. The summed E-state index contributed by atoms with van der Waals surface area (Å²) < 4.78 is 12.2. The Kier molecular flexibility index (Phi) is 6.48. The van der Waals surface area contributed by atoms with E-state index in [4.69, 9.17) is 9.47 Å². The van der Waals surface area contributed by atoms with Crippen LogP contribution in [0.15, 0.2) is 103 Å². The van der Waals surface area contributed by atoms with Gasteiger partial charge in [-0.2, -0.15) is 5.10 Å². The first-order valence-corrected chi connectivity index (χ1v) is 11.4. The Morgan fingerprint density at radius 3 is 1.94 bits per heavy atom. The number of hydrogen-bond acceptors (Lipinski definition) is 4. The summed E-state index contributed by atoms with van der Waals surface area (Å²) in [7, 11) is 0. The van der Waals surface area contributed by atoms with Gasteiger partial charge >= 0.3 is 0 Å². The number of hydrogen-bond donors (Lipinski definition) is 0. The van der Waals surface area contributed by atoms with E-state index in [1.54, 1.807) is 0 Å². The van der Waals surface area contributed by atoms with Crippen molar-refractivity contribution in [3.8, 4) is 11.6 Å². The topological polar surface area (TPSA) is 44.2 Å². The standard InChI is InChI=1S/C30H26N2O2/c1-22-16-17-25(28-15-9-8-14-27(22)28)18-26-19-29(33-20-23-10-4-2-5-11-23)30(32-31-26)34-21-24-12-6-3-7-13-24/h2-17,19H,18,20-21H2,1H3. The van der Waals surface area contributed by atoms with Crippen molar-refractivity contribution in [2.45, 2.75) is 26.6 Å². The van der Waals surface area contributed by atoms with Crippen LogP contribution < -0.4 is 9.47 Å². The zero-order chi connectivity index (χ0) is 23.2. The van der Waals surface area contributed by atoms with E-state index in [-0.39, 0.29) is 0 Å². The van der Waals surface area contributed by atoms with E-state index in [1.807, 2.05) is 66.7 Å². The third kappa shape index (κ3) is 5.07. The SMILES string of the molecule is Cc1ccc(Cc2cc(OCc3ccccc3)c(OCc3ccccc3)nn2)c2ccccc12. The van der Waals surface area contributed by atoms with E-state index in [9.17, 15) is 0 Å². The summed E-state index contributed by atoms with van der Waals surface area (Å²) in [5.74, 6) is 0.999. The molecule has 0 fully saturated rings. The normalized spacial score (nSPS) is 10.9. The molecule has 0 N–H and O–H groups in total. The lowest BCUT2D eigenvalue weighted by Crippen LogP contribution is -2.05. The number of aryl methyl sites for hydroxylation is 1. The van der Waals surface area contributed by atoms with E-state index >= 15 is 0 Å². The maximum atomic E-state index is 6.17. The van der Waals surface area contributed by atoms with Crippen molar-refractivity contribution in [1.29, 1.82) is 0 Å². The van der Waals surface area contributed by atoms with Gasteiger partial charge in [-0.15, -0.1) is 5.10 Å². The van der Waals surface area contributed by atoms with Crippen molar-refractivity contribution in [3.05, 3.63) is 131 Å². The van der Waals surface area contributed by atoms with Gasteiger partial charge in [-0.3, -0.25) is 0 Å². The van der Waals surface area contributed by atoms with Crippen LogP contribution in [0.3, 0.4) is 0 Å². The van der Waals surface area contributed by atoms with Crippen LogP contribution in [0, 0.1) is 6.92 Å². The molecule has 0 saturated carbocycles. The molecule has 0 amide bonds. The van der Waals surface area contributed by atoms with Gasteiger partial charge in [0.15, 0.2) is 5.75 Å². The van der Waals surface area contributed by atoms with Gasteiger partial charge in [0.05, 0.1) is 5.69 Å². The van der Waals surface area contributed by atoms with Crippen LogP contribution in [-0.2, 0) is 19.6 Å². The first kappa shape index (κ1) is 21.7. The molecule has 1 aromatic heterocycles. The molecule has 0 saturated heterocycles. The highest BCUT2D eigenvalue weighted by Gasteiger charge is 2.13. The second kappa shape index (κ2) is 10.2. The summed E-state index contributed by atoms with van der Waals surface area (Å²) in [4.78, 5) is 0. The average molecular weight is 447 g/mol. The van der Waals surface area contributed by atoms with Gasteiger partial charge in [0, 0.05) is 12.5 Å². The van der Waals surface area contributed by atoms with E-state index in [0.717, 1.165) is 16.8 Å². The number of ether oxygens (including phenoxy) is 2. The average Bonchev–Trinajstić information content (AvgIpc) is 2.90. The molecule has 5 rings (SSSR count). The Labute approximate surface area is 199 Å². The van der Waals surface area contributed by atoms with Crippen LogP contribution in [0.25, 0.3) is 10.8 Å². The van der Waals surface area contributed by atoms with Crippen molar-refractivity contribution in [2.24, 2.45) is 0 Å². The maximum Gasteiger partial charge on any atom is 0.276 e. The van der Waals surface area contributed by atoms with Crippen LogP contribution in [0.1, 0.15) is 27.9 Å². The van der Waals surface area contributed by atoms with Gasteiger partial charge in [0.1, 0.15) is 13.2 Å². The molecule has 0 spiro atoms. The summed E-state index contributed by atoms with van der Waals surface area (Å²) >= 11 is 0. The molecule has 0 aliphatic heterocycles. The highest BCUT2D eigenvalue weighted by molar-refractivity contribution is 5.88. The summed E-state index contributed by atoms with van der Waals surface area (Å²) in [5.41, 5.74) is 5.46. The van der Waals surface area contributed by atoms with E-state index < -0.39 is 0 Å². The molecule has 1 heterocycles. The van der Waals surface area contributed by atoms with Gasteiger partial charge in [-0.1, -0.05) is 97.1 Å². The number of aromatic nitrogens is 2. The van der Waals surface area contributed by atoms with E-state index in [2.05, 4.69) is 53.5 Å². The molecule has 0 radical (unpaired) electrons.